The minimum absolute atomic E-state index is 0.497. The van der Waals surface area contributed by atoms with E-state index in [1.165, 1.54) is 0 Å². The third kappa shape index (κ3) is 2.63. The van der Waals surface area contributed by atoms with Crippen molar-refractivity contribution in [1.29, 1.82) is 0 Å². The third-order valence-electron chi connectivity index (χ3n) is 3.32. The quantitative estimate of drug-likeness (QED) is 0.733. The van der Waals surface area contributed by atoms with Crippen molar-refractivity contribution in [3.8, 4) is 34.3 Å². The third-order valence-corrected chi connectivity index (χ3v) is 3.32. The highest BCUT2D eigenvalue weighted by molar-refractivity contribution is 5.75. The molecule has 0 saturated heterocycles. The number of ether oxygens (including phenoxy) is 2. The van der Waals surface area contributed by atoms with Crippen LogP contribution in [-0.4, -0.2) is 24.2 Å². The molecule has 0 spiro atoms. The lowest BCUT2D eigenvalue weighted by Gasteiger charge is -2.13. The summed E-state index contributed by atoms with van der Waals surface area (Å²) >= 11 is 0. The molecule has 0 saturated carbocycles. The molecule has 22 heavy (non-hydrogen) atoms. The van der Waals surface area contributed by atoms with Gasteiger partial charge in [-0.25, -0.2) is 0 Å². The minimum Gasteiger partial charge on any atom is -0.480 e. The molecule has 2 aromatic carbocycles. The van der Waals surface area contributed by atoms with Crippen LogP contribution in [0, 0.1) is 0 Å². The van der Waals surface area contributed by atoms with Crippen molar-refractivity contribution < 1.29 is 9.47 Å². The van der Waals surface area contributed by atoms with Crippen molar-refractivity contribution in [3.63, 3.8) is 0 Å². The van der Waals surface area contributed by atoms with Gasteiger partial charge in [-0.2, -0.15) is 9.97 Å². The molecule has 0 bridgehead atoms. The smallest absolute Gasteiger partial charge is 0.228 e. The molecule has 1 aromatic heterocycles. The zero-order valence-corrected chi connectivity index (χ0v) is 12.5. The number of hydrogen-bond donors (Lipinski definition) is 0. The predicted octanol–water partition coefficient (Wildman–Crippen LogP) is 3.83. The summed E-state index contributed by atoms with van der Waals surface area (Å²) < 4.78 is 10.9. The summed E-state index contributed by atoms with van der Waals surface area (Å²) in [5.74, 6) is 1.57. The fourth-order valence-electron chi connectivity index (χ4n) is 2.28. The Labute approximate surface area is 129 Å². The molecule has 3 rings (SSSR count). The molecule has 4 nitrogen and oxygen atoms in total. The van der Waals surface area contributed by atoms with Gasteiger partial charge >= 0.3 is 0 Å². The predicted molar refractivity (Wildman–Crippen MR) is 86.0 cm³/mol. The van der Waals surface area contributed by atoms with Crippen LogP contribution in [0.2, 0.25) is 0 Å². The first kappa shape index (κ1) is 14.1. The fourth-order valence-corrected chi connectivity index (χ4v) is 2.28. The van der Waals surface area contributed by atoms with Crippen molar-refractivity contribution in [3.05, 3.63) is 60.7 Å². The van der Waals surface area contributed by atoms with Crippen molar-refractivity contribution in [2.75, 3.05) is 14.2 Å². The van der Waals surface area contributed by atoms with E-state index in [0.29, 0.717) is 17.6 Å². The SMILES string of the molecule is COc1nc(-c2ccccc2)nc(OC)c1-c1ccccc1. The molecule has 4 heteroatoms. The molecule has 0 amide bonds. The summed E-state index contributed by atoms with van der Waals surface area (Å²) in [5.41, 5.74) is 2.62. The Morgan fingerprint density at radius 3 is 1.55 bits per heavy atom. The van der Waals surface area contributed by atoms with E-state index in [1.54, 1.807) is 14.2 Å². The summed E-state index contributed by atoms with van der Waals surface area (Å²) in [4.78, 5) is 9.07. The van der Waals surface area contributed by atoms with Gasteiger partial charge in [0.05, 0.1) is 14.2 Å². The zero-order chi connectivity index (χ0) is 15.4. The van der Waals surface area contributed by atoms with E-state index in [9.17, 15) is 0 Å². The molecule has 0 aliphatic carbocycles. The number of rotatable bonds is 4. The molecular weight excluding hydrogens is 276 g/mol. The Morgan fingerprint density at radius 1 is 0.636 bits per heavy atom. The minimum atomic E-state index is 0.497. The van der Waals surface area contributed by atoms with E-state index in [0.717, 1.165) is 16.7 Å². The Bertz CT molecular complexity index is 734. The molecule has 0 atom stereocenters. The normalized spacial score (nSPS) is 10.3. The molecule has 0 N–H and O–H groups in total. The monoisotopic (exact) mass is 292 g/mol. The molecule has 0 radical (unpaired) electrons. The molecule has 3 aromatic rings. The van der Waals surface area contributed by atoms with Gasteiger partial charge in [0.2, 0.25) is 11.8 Å². The number of benzene rings is 2. The lowest BCUT2D eigenvalue weighted by molar-refractivity contribution is 0.376. The Hall–Kier alpha value is -2.88. The van der Waals surface area contributed by atoms with Gasteiger partial charge in [0.15, 0.2) is 5.82 Å². The average molecular weight is 292 g/mol. The van der Waals surface area contributed by atoms with E-state index in [2.05, 4.69) is 9.97 Å². The van der Waals surface area contributed by atoms with Crippen LogP contribution in [0.25, 0.3) is 22.5 Å². The van der Waals surface area contributed by atoms with E-state index < -0.39 is 0 Å². The molecule has 0 fully saturated rings. The van der Waals surface area contributed by atoms with E-state index in [1.807, 2.05) is 60.7 Å². The van der Waals surface area contributed by atoms with Gasteiger partial charge in [0.1, 0.15) is 5.56 Å². The molecular formula is C18H16N2O2. The van der Waals surface area contributed by atoms with Crippen molar-refractivity contribution in [1.82, 2.24) is 9.97 Å². The second-order valence-corrected chi connectivity index (χ2v) is 4.67. The molecule has 0 aliphatic heterocycles. The van der Waals surface area contributed by atoms with Crippen LogP contribution in [0.3, 0.4) is 0 Å². The van der Waals surface area contributed by atoms with Crippen LogP contribution in [0.5, 0.6) is 11.8 Å². The maximum Gasteiger partial charge on any atom is 0.228 e. The number of aromatic nitrogens is 2. The highest BCUT2D eigenvalue weighted by Gasteiger charge is 2.18. The van der Waals surface area contributed by atoms with E-state index in [4.69, 9.17) is 9.47 Å². The van der Waals surface area contributed by atoms with Crippen molar-refractivity contribution >= 4 is 0 Å². The van der Waals surface area contributed by atoms with Crippen molar-refractivity contribution in [2.45, 2.75) is 0 Å². The summed E-state index contributed by atoms with van der Waals surface area (Å²) in [6, 6.07) is 19.6. The van der Waals surface area contributed by atoms with Gasteiger partial charge in [0, 0.05) is 5.56 Å². The average Bonchev–Trinajstić information content (AvgIpc) is 2.62. The van der Waals surface area contributed by atoms with E-state index in [-0.39, 0.29) is 0 Å². The Morgan fingerprint density at radius 2 is 1.09 bits per heavy atom. The highest BCUT2D eigenvalue weighted by Crippen LogP contribution is 2.37. The maximum atomic E-state index is 5.47. The van der Waals surface area contributed by atoms with Gasteiger partial charge in [-0.3, -0.25) is 0 Å². The standard InChI is InChI=1S/C18H16N2O2/c1-21-17-15(13-9-5-3-6-10-13)18(22-2)20-16(19-17)14-11-7-4-8-12-14/h3-12H,1-2H3. The lowest BCUT2D eigenvalue weighted by atomic mass is 10.1. The first-order valence-corrected chi connectivity index (χ1v) is 6.94. The second kappa shape index (κ2) is 6.26. The number of nitrogens with zero attached hydrogens (tertiary/aromatic N) is 2. The number of hydrogen-bond acceptors (Lipinski definition) is 4. The molecule has 1 heterocycles. The van der Waals surface area contributed by atoms with Gasteiger partial charge in [0.25, 0.3) is 0 Å². The summed E-state index contributed by atoms with van der Waals surface area (Å²) in [5, 5.41) is 0. The first-order valence-electron chi connectivity index (χ1n) is 6.94. The van der Waals surface area contributed by atoms with Gasteiger partial charge in [-0.1, -0.05) is 60.7 Å². The lowest BCUT2D eigenvalue weighted by Crippen LogP contribution is -2.01. The summed E-state index contributed by atoms with van der Waals surface area (Å²) in [6.45, 7) is 0. The highest BCUT2D eigenvalue weighted by atomic mass is 16.5. The van der Waals surface area contributed by atoms with Crippen LogP contribution >= 0.6 is 0 Å². The van der Waals surface area contributed by atoms with Crippen LogP contribution in [0.15, 0.2) is 60.7 Å². The second-order valence-electron chi connectivity index (χ2n) is 4.67. The van der Waals surface area contributed by atoms with Crippen LogP contribution in [0.1, 0.15) is 0 Å². The Balaban J connectivity index is 2.20. The van der Waals surface area contributed by atoms with Gasteiger partial charge in [-0.05, 0) is 5.56 Å². The Kier molecular flexibility index (Phi) is 4.01. The summed E-state index contributed by atoms with van der Waals surface area (Å²) in [7, 11) is 3.20. The molecule has 0 unspecified atom stereocenters. The van der Waals surface area contributed by atoms with Gasteiger partial charge < -0.3 is 9.47 Å². The van der Waals surface area contributed by atoms with Crippen LogP contribution < -0.4 is 9.47 Å². The molecule has 110 valence electrons. The molecule has 0 aliphatic rings. The largest absolute Gasteiger partial charge is 0.480 e. The number of methoxy groups -OCH3 is 2. The van der Waals surface area contributed by atoms with Crippen LogP contribution in [-0.2, 0) is 0 Å². The van der Waals surface area contributed by atoms with Crippen LogP contribution in [0.4, 0.5) is 0 Å². The zero-order valence-electron chi connectivity index (χ0n) is 12.5. The first-order chi connectivity index (χ1) is 10.8. The van der Waals surface area contributed by atoms with Crippen molar-refractivity contribution in [2.24, 2.45) is 0 Å². The van der Waals surface area contributed by atoms with Gasteiger partial charge in [-0.15, -0.1) is 0 Å². The fraction of sp³-hybridized carbons (Fsp3) is 0.111. The summed E-state index contributed by atoms with van der Waals surface area (Å²) in [6.07, 6.45) is 0. The topological polar surface area (TPSA) is 44.2 Å². The maximum absolute atomic E-state index is 5.47. The van der Waals surface area contributed by atoms with E-state index >= 15 is 0 Å².